The minimum Gasteiger partial charge on any atom is -0.493 e. The maximum absolute atomic E-state index is 6.14. The number of aryl methyl sites for hydroxylation is 1. The molecule has 1 aromatic carbocycles. The minimum atomic E-state index is -0.0433. The van der Waals surface area contributed by atoms with Crippen molar-refractivity contribution in [3.05, 3.63) is 42.0 Å². The second-order valence-corrected chi connectivity index (χ2v) is 7.16. The first-order valence-corrected chi connectivity index (χ1v) is 9.61. The molecule has 0 amide bonds. The second-order valence-electron chi connectivity index (χ2n) is 7.16. The van der Waals surface area contributed by atoms with Gasteiger partial charge in [-0.15, -0.1) is 0 Å². The van der Waals surface area contributed by atoms with Crippen LogP contribution in [0.15, 0.2) is 30.6 Å². The molecule has 0 radical (unpaired) electrons. The van der Waals surface area contributed by atoms with Gasteiger partial charge in [0, 0.05) is 30.3 Å². The number of methoxy groups -OCH3 is 1. The Bertz CT molecular complexity index is 1020. The number of ether oxygens (including phenoxy) is 3. The van der Waals surface area contributed by atoms with Crippen molar-refractivity contribution in [2.24, 2.45) is 0 Å². The zero-order valence-corrected chi connectivity index (χ0v) is 16.8. The SMILES string of the molecule is COc1cc2nc(C)nc(N[C@H](C)c3cncc(N)c3)c2cc1O[C@H]1CCOC1. The highest BCUT2D eigenvalue weighted by Gasteiger charge is 2.21. The molecule has 2 atom stereocenters. The van der Waals surface area contributed by atoms with E-state index in [1.165, 1.54) is 0 Å². The molecule has 1 saturated heterocycles. The van der Waals surface area contributed by atoms with Crippen LogP contribution in [0.25, 0.3) is 10.9 Å². The summed E-state index contributed by atoms with van der Waals surface area (Å²) >= 11 is 0. The van der Waals surface area contributed by atoms with Gasteiger partial charge in [0.15, 0.2) is 11.5 Å². The molecule has 29 heavy (non-hydrogen) atoms. The van der Waals surface area contributed by atoms with E-state index in [0.717, 1.165) is 28.7 Å². The lowest BCUT2D eigenvalue weighted by Gasteiger charge is -2.19. The molecule has 1 fully saturated rings. The van der Waals surface area contributed by atoms with Crippen LogP contribution < -0.4 is 20.5 Å². The Hall–Kier alpha value is -3.13. The molecule has 2 aromatic heterocycles. The number of nitrogens with one attached hydrogen (secondary N) is 1. The molecule has 8 heteroatoms. The molecule has 1 aliphatic heterocycles. The maximum Gasteiger partial charge on any atom is 0.162 e. The largest absolute Gasteiger partial charge is 0.493 e. The highest BCUT2D eigenvalue weighted by atomic mass is 16.6. The number of rotatable bonds is 6. The van der Waals surface area contributed by atoms with Crippen LogP contribution in [-0.2, 0) is 4.74 Å². The van der Waals surface area contributed by atoms with Gasteiger partial charge < -0.3 is 25.3 Å². The van der Waals surface area contributed by atoms with E-state index >= 15 is 0 Å². The van der Waals surface area contributed by atoms with Gasteiger partial charge in [-0.2, -0.15) is 0 Å². The number of nitrogen functional groups attached to an aromatic ring is 1. The van der Waals surface area contributed by atoms with Gasteiger partial charge in [0.2, 0.25) is 0 Å². The average Bonchev–Trinajstić information content (AvgIpc) is 3.21. The summed E-state index contributed by atoms with van der Waals surface area (Å²) in [6.07, 6.45) is 4.29. The number of nitrogens with two attached hydrogens (primary N) is 1. The molecule has 0 aliphatic carbocycles. The normalized spacial score (nSPS) is 17.3. The molecular formula is C21H25N5O3. The zero-order chi connectivity index (χ0) is 20.4. The summed E-state index contributed by atoms with van der Waals surface area (Å²) in [7, 11) is 1.63. The minimum absolute atomic E-state index is 0.0152. The van der Waals surface area contributed by atoms with E-state index in [1.807, 2.05) is 32.0 Å². The van der Waals surface area contributed by atoms with Crippen molar-refractivity contribution in [3.8, 4) is 11.5 Å². The van der Waals surface area contributed by atoms with Crippen LogP contribution in [0.4, 0.5) is 11.5 Å². The first kappa shape index (κ1) is 19.2. The van der Waals surface area contributed by atoms with Crippen LogP contribution in [0.2, 0.25) is 0 Å². The predicted molar refractivity (Wildman–Crippen MR) is 111 cm³/mol. The Labute approximate surface area is 169 Å². The molecular weight excluding hydrogens is 370 g/mol. The van der Waals surface area contributed by atoms with E-state index in [2.05, 4.69) is 20.3 Å². The van der Waals surface area contributed by atoms with Gasteiger partial charge in [-0.05, 0) is 31.5 Å². The molecule has 0 bridgehead atoms. The average molecular weight is 395 g/mol. The van der Waals surface area contributed by atoms with Crippen LogP contribution >= 0.6 is 0 Å². The van der Waals surface area contributed by atoms with E-state index < -0.39 is 0 Å². The Morgan fingerprint density at radius 1 is 1.21 bits per heavy atom. The topological polar surface area (TPSA) is 104 Å². The van der Waals surface area contributed by atoms with Gasteiger partial charge in [0.25, 0.3) is 0 Å². The molecule has 0 unspecified atom stereocenters. The number of hydrogen-bond donors (Lipinski definition) is 2. The Morgan fingerprint density at radius 2 is 2.07 bits per heavy atom. The molecule has 0 spiro atoms. The van der Waals surface area contributed by atoms with Gasteiger partial charge in [0.1, 0.15) is 17.7 Å². The van der Waals surface area contributed by atoms with E-state index in [9.17, 15) is 0 Å². The van der Waals surface area contributed by atoms with Crippen LogP contribution in [0, 0.1) is 6.92 Å². The number of nitrogens with zero attached hydrogens (tertiary/aromatic N) is 3. The number of anilines is 2. The lowest BCUT2D eigenvalue weighted by Crippen LogP contribution is -2.16. The van der Waals surface area contributed by atoms with Crippen molar-refractivity contribution in [1.82, 2.24) is 15.0 Å². The summed E-state index contributed by atoms with van der Waals surface area (Å²) in [4.78, 5) is 13.4. The van der Waals surface area contributed by atoms with E-state index in [1.54, 1.807) is 19.5 Å². The van der Waals surface area contributed by atoms with E-state index in [0.29, 0.717) is 36.2 Å². The van der Waals surface area contributed by atoms with Crippen molar-refractivity contribution < 1.29 is 14.2 Å². The van der Waals surface area contributed by atoms with Gasteiger partial charge in [-0.3, -0.25) is 4.98 Å². The van der Waals surface area contributed by atoms with Crippen molar-refractivity contribution in [3.63, 3.8) is 0 Å². The molecule has 4 rings (SSSR count). The Balaban J connectivity index is 1.72. The number of aromatic nitrogens is 3. The van der Waals surface area contributed by atoms with Crippen molar-refractivity contribution >= 4 is 22.4 Å². The van der Waals surface area contributed by atoms with Crippen LogP contribution in [-0.4, -0.2) is 41.4 Å². The van der Waals surface area contributed by atoms with Crippen molar-refractivity contribution in [2.45, 2.75) is 32.4 Å². The first-order valence-electron chi connectivity index (χ1n) is 9.61. The third-order valence-corrected chi connectivity index (χ3v) is 4.91. The smallest absolute Gasteiger partial charge is 0.162 e. The fraction of sp³-hybridized carbons (Fsp3) is 0.381. The third-order valence-electron chi connectivity index (χ3n) is 4.91. The van der Waals surface area contributed by atoms with Crippen molar-refractivity contribution in [1.29, 1.82) is 0 Å². The summed E-state index contributed by atoms with van der Waals surface area (Å²) in [6.45, 7) is 5.19. The van der Waals surface area contributed by atoms with Gasteiger partial charge >= 0.3 is 0 Å². The third kappa shape index (κ3) is 4.17. The van der Waals surface area contributed by atoms with Crippen molar-refractivity contribution in [2.75, 3.05) is 31.4 Å². The summed E-state index contributed by atoms with van der Waals surface area (Å²) in [6, 6.07) is 5.67. The number of fused-ring (bicyclic) bond motifs is 1. The van der Waals surface area contributed by atoms with E-state index in [4.69, 9.17) is 19.9 Å². The maximum atomic E-state index is 6.14. The number of benzene rings is 1. The monoisotopic (exact) mass is 395 g/mol. The number of pyridine rings is 1. The molecule has 152 valence electrons. The predicted octanol–water partition coefficient (Wildman–Crippen LogP) is 3.26. The fourth-order valence-electron chi connectivity index (χ4n) is 3.40. The lowest BCUT2D eigenvalue weighted by atomic mass is 10.1. The molecule has 1 aliphatic rings. The van der Waals surface area contributed by atoms with Crippen LogP contribution in [0.1, 0.15) is 30.8 Å². The fourth-order valence-corrected chi connectivity index (χ4v) is 3.40. The molecule has 8 nitrogen and oxygen atoms in total. The van der Waals surface area contributed by atoms with Gasteiger partial charge in [-0.1, -0.05) is 0 Å². The zero-order valence-electron chi connectivity index (χ0n) is 16.8. The Morgan fingerprint density at radius 3 is 2.79 bits per heavy atom. The molecule has 3 aromatic rings. The second kappa shape index (κ2) is 8.08. The molecule has 3 N–H and O–H groups in total. The summed E-state index contributed by atoms with van der Waals surface area (Å²) in [5, 5.41) is 4.32. The summed E-state index contributed by atoms with van der Waals surface area (Å²) < 4.78 is 17.1. The van der Waals surface area contributed by atoms with E-state index in [-0.39, 0.29) is 12.1 Å². The van der Waals surface area contributed by atoms with Gasteiger partial charge in [0.05, 0.1) is 37.6 Å². The highest BCUT2D eigenvalue weighted by molar-refractivity contribution is 5.92. The van der Waals surface area contributed by atoms with Gasteiger partial charge in [-0.25, -0.2) is 9.97 Å². The summed E-state index contributed by atoms with van der Waals surface area (Å²) in [5.41, 5.74) is 8.26. The number of hydrogen-bond acceptors (Lipinski definition) is 8. The summed E-state index contributed by atoms with van der Waals surface area (Å²) in [5.74, 6) is 2.68. The first-order chi connectivity index (χ1) is 14.0. The standard InChI is InChI=1S/C21H25N5O3/c1-12(14-6-15(22)10-23-9-14)24-21-17-7-20(29-16-4-5-28-11-16)19(27-3)8-18(17)25-13(2)26-21/h6-10,12,16H,4-5,11,22H2,1-3H3,(H,24,25,26)/t12-,16+/m1/s1. The highest BCUT2D eigenvalue weighted by Crippen LogP contribution is 2.36. The Kier molecular flexibility index (Phi) is 5.35. The molecule has 0 saturated carbocycles. The quantitative estimate of drug-likeness (QED) is 0.655. The van der Waals surface area contributed by atoms with Crippen LogP contribution in [0.5, 0.6) is 11.5 Å². The molecule has 3 heterocycles. The van der Waals surface area contributed by atoms with Crippen LogP contribution in [0.3, 0.4) is 0 Å². The lowest BCUT2D eigenvalue weighted by molar-refractivity contribution is 0.139.